The second kappa shape index (κ2) is 9.30. The maximum absolute atomic E-state index is 5.34. The number of nitrogens with one attached hydrogen (secondary N) is 2. The monoisotopic (exact) mass is 304 g/mol. The molecule has 0 spiro atoms. The van der Waals surface area contributed by atoms with E-state index >= 15 is 0 Å². The van der Waals surface area contributed by atoms with Gasteiger partial charge in [0.1, 0.15) is 0 Å². The number of guanidine groups is 1. The van der Waals surface area contributed by atoms with Crippen LogP contribution in [0.25, 0.3) is 0 Å². The number of ether oxygens (including phenoxy) is 1. The highest BCUT2D eigenvalue weighted by atomic mass is 16.5. The van der Waals surface area contributed by atoms with E-state index in [9.17, 15) is 0 Å². The maximum atomic E-state index is 5.34. The molecule has 1 unspecified atom stereocenters. The van der Waals surface area contributed by atoms with E-state index in [0.29, 0.717) is 19.2 Å². The van der Waals surface area contributed by atoms with Crippen LogP contribution in [0.15, 0.2) is 35.3 Å². The number of nitrogens with zero attached hydrogens (tertiary/aromatic N) is 2. The van der Waals surface area contributed by atoms with Crippen LogP contribution in [-0.4, -0.2) is 51.4 Å². The SMILES string of the molecule is CCNC(=NCCOCC)NC1CCN(c2ccccc2)C1. The molecule has 5 heteroatoms. The zero-order valence-corrected chi connectivity index (χ0v) is 13.7. The predicted octanol–water partition coefficient (Wildman–Crippen LogP) is 1.86. The lowest BCUT2D eigenvalue weighted by molar-refractivity contribution is 0.155. The number of benzene rings is 1. The van der Waals surface area contributed by atoms with Crippen LogP contribution in [-0.2, 0) is 4.74 Å². The fourth-order valence-electron chi connectivity index (χ4n) is 2.63. The standard InChI is InChI=1S/C17H28N4O/c1-3-18-17(19-11-13-22-4-2)20-15-10-12-21(14-15)16-8-6-5-7-9-16/h5-9,15H,3-4,10-14H2,1-2H3,(H2,18,19,20). The molecule has 0 aliphatic carbocycles. The van der Waals surface area contributed by atoms with E-state index in [-0.39, 0.29) is 0 Å². The van der Waals surface area contributed by atoms with Crippen molar-refractivity contribution < 1.29 is 4.74 Å². The van der Waals surface area contributed by atoms with E-state index in [0.717, 1.165) is 38.6 Å². The highest BCUT2D eigenvalue weighted by Gasteiger charge is 2.23. The summed E-state index contributed by atoms with van der Waals surface area (Å²) >= 11 is 0. The molecule has 1 saturated heterocycles. The van der Waals surface area contributed by atoms with Crippen molar-refractivity contribution in [1.82, 2.24) is 10.6 Å². The molecule has 0 amide bonds. The summed E-state index contributed by atoms with van der Waals surface area (Å²) in [6, 6.07) is 11.0. The van der Waals surface area contributed by atoms with E-state index < -0.39 is 0 Å². The zero-order chi connectivity index (χ0) is 15.6. The third-order valence-corrected chi connectivity index (χ3v) is 3.70. The number of anilines is 1. The summed E-state index contributed by atoms with van der Waals surface area (Å²) < 4.78 is 5.34. The minimum Gasteiger partial charge on any atom is -0.380 e. The lowest BCUT2D eigenvalue weighted by Gasteiger charge is -2.20. The molecule has 1 aliphatic heterocycles. The normalized spacial score (nSPS) is 18.5. The van der Waals surface area contributed by atoms with Crippen molar-refractivity contribution in [3.8, 4) is 0 Å². The Bertz CT molecular complexity index is 449. The third kappa shape index (κ3) is 5.22. The van der Waals surface area contributed by atoms with Gasteiger partial charge in [-0.3, -0.25) is 4.99 Å². The number of aliphatic imine (C=N–C) groups is 1. The van der Waals surface area contributed by atoms with Crippen LogP contribution in [0.3, 0.4) is 0 Å². The van der Waals surface area contributed by atoms with Crippen LogP contribution >= 0.6 is 0 Å². The Labute approximate surface area is 133 Å². The summed E-state index contributed by atoms with van der Waals surface area (Å²) in [7, 11) is 0. The van der Waals surface area contributed by atoms with Gasteiger partial charge in [0.25, 0.3) is 0 Å². The van der Waals surface area contributed by atoms with Gasteiger partial charge in [0.15, 0.2) is 5.96 Å². The Kier molecular flexibility index (Phi) is 7.03. The van der Waals surface area contributed by atoms with Crippen molar-refractivity contribution in [2.75, 3.05) is 44.3 Å². The summed E-state index contributed by atoms with van der Waals surface area (Å²) in [5.74, 6) is 0.891. The second-order valence-corrected chi connectivity index (χ2v) is 5.37. The number of hydrogen-bond acceptors (Lipinski definition) is 3. The van der Waals surface area contributed by atoms with Crippen molar-refractivity contribution >= 4 is 11.6 Å². The highest BCUT2D eigenvalue weighted by molar-refractivity contribution is 5.80. The smallest absolute Gasteiger partial charge is 0.191 e. The average Bonchev–Trinajstić information content (AvgIpc) is 3.01. The van der Waals surface area contributed by atoms with E-state index in [1.807, 2.05) is 6.92 Å². The molecule has 0 bridgehead atoms. The highest BCUT2D eigenvalue weighted by Crippen LogP contribution is 2.19. The van der Waals surface area contributed by atoms with Gasteiger partial charge in [-0.25, -0.2) is 0 Å². The van der Waals surface area contributed by atoms with Gasteiger partial charge in [0, 0.05) is 38.0 Å². The molecule has 0 saturated carbocycles. The fourth-order valence-corrected chi connectivity index (χ4v) is 2.63. The molecule has 22 heavy (non-hydrogen) atoms. The van der Waals surface area contributed by atoms with E-state index in [2.05, 4.69) is 57.8 Å². The zero-order valence-electron chi connectivity index (χ0n) is 13.7. The van der Waals surface area contributed by atoms with Crippen molar-refractivity contribution in [2.45, 2.75) is 26.3 Å². The van der Waals surface area contributed by atoms with Crippen LogP contribution in [0.4, 0.5) is 5.69 Å². The molecule has 1 aliphatic rings. The molecule has 5 nitrogen and oxygen atoms in total. The maximum Gasteiger partial charge on any atom is 0.191 e. The molecule has 1 atom stereocenters. The predicted molar refractivity (Wildman–Crippen MR) is 92.7 cm³/mol. The molecule has 1 heterocycles. The summed E-state index contributed by atoms with van der Waals surface area (Å²) in [6.45, 7) is 9.17. The van der Waals surface area contributed by atoms with Gasteiger partial charge in [-0.2, -0.15) is 0 Å². The van der Waals surface area contributed by atoms with Crippen molar-refractivity contribution in [1.29, 1.82) is 0 Å². The lowest BCUT2D eigenvalue weighted by Crippen LogP contribution is -2.44. The number of rotatable bonds is 7. The summed E-state index contributed by atoms with van der Waals surface area (Å²) in [5, 5.41) is 6.84. The van der Waals surface area contributed by atoms with Gasteiger partial charge < -0.3 is 20.3 Å². The molecule has 122 valence electrons. The first-order valence-electron chi connectivity index (χ1n) is 8.26. The van der Waals surface area contributed by atoms with Crippen LogP contribution in [0.5, 0.6) is 0 Å². The minimum absolute atomic E-state index is 0.435. The molecule has 1 aromatic rings. The van der Waals surface area contributed by atoms with Gasteiger partial charge >= 0.3 is 0 Å². The molecule has 2 rings (SSSR count). The van der Waals surface area contributed by atoms with Gasteiger partial charge in [0.2, 0.25) is 0 Å². The van der Waals surface area contributed by atoms with E-state index in [4.69, 9.17) is 4.74 Å². The molecular formula is C17H28N4O. The van der Waals surface area contributed by atoms with Gasteiger partial charge in [-0.05, 0) is 32.4 Å². The van der Waals surface area contributed by atoms with Crippen LogP contribution in [0.1, 0.15) is 20.3 Å². The topological polar surface area (TPSA) is 48.9 Å². The number of para-hydroxylation sites is 1. The largest absolute Gasteiger partial charge is 0.380 e. The second-order valence-electron chi connectivity index (χ2n) is 5.37. The van der Waals surface area contributed by atoms with Crippen molar-refractivity contribution in [3.05, 3.63) is 30.3 Å². The Morgan fingerprint density at radius 3 is 2.86 bits per heavy atom. The first-order valence-corrected chi connectivity index (χ1v) is 8.26. The average molecular weight is 304 g/mol. The Balaban J connectivity index is 1.83. The molecule has 2 N–H and O–H groups in total. The van der Waals surface area contributed by atoms with Crippen LogP contribution in [0, 0.1) is 0 Å². The van der Waals surface area contributed by atoms with Crippen molar-refractivity contribution in [2.24, 2.45) is 4.99 Å². The van der Waals surface area contributed by atoms with E-state index in [1.165, 1.54) is 5.69 Å². The van der Waals surface area contributed by atoms with Crippen molar-refractivity contribution in [3.63, 3.8) is 0 Å². The summed E-state index contributed by atoms with van der Waals surface area (Å²) in [5.41, 5.74) is 1.30. The fraction of sp³-hybridized carbons (Fsp3) is 0.588. The molecule has 1 fully saturated rings. The first-order chi connectivity index (χ1) is 10.8. The molecule has 0 aromatic heterocycles. The van der Waals surface area contributed by atoms with Crippen LogP contribution in [0.2, 0.25) is 0 Å². The van der Waals surface area contributed by atoms with Gasteiger partial charge in [0.05, 0.1) is 13.2 Å². The summed E-state index contributed by atoms with van der Waals surface area (Å²) in [4.78, 5) is 6.98. The Hall–Kier alpha value is -1.75. The molecule has 1 aromatic carbocycles. The first kappa shape index (κ1) is 16.6. The van der Waals surface area contributed by atoms with E-state index in [1.54, 1.807) is 0 Å². The molecule has 0 radical (unpaired) electrons. The lowest BCUT2D eigenvalue weighted by atomic mass is 10.3. The number of hydrogen-bond donors (Lipinski definition) is 2. The molecular weight excluding hydrogens is 276 g/mol. The summed E-state index contributed by atoms with van der Waals surface area (Å²) in [6.07, 6.45) is 1.13. The third-order valence-electron chi connectivity index (χ3n) is 3.70. The Morgan fingerprint density at radius 2 is 2.14 bits per heavy atom. The quantitative estimate of drug-likeness (QED) is 0.459. The van der Waals surface area contributed by atoms with Crippen LogP contribution < -0.4 is 15.5 Å². The Morgan fingerprint density at radius 1 is 1.32 bits per heavy atom. The van der Waals surface area contributed by atoms with Gasteiger partial charge in [-0.15, -0.1) is 0 Å². The minimum atomic E-state index is 0.435. The van der Waals surface area contributed by atoms with Gasteiger partial charge in [-0.1, -0.05) is 18.2 Å².